The van der Waals surface area contributed by atoms with Crippen LogP contribution >= 0.6 is 11.6 Å². The molecule has 0 radical (unpaired) electrons. The maximum absolute atomic E-state index is 10.5. The van der Waals surface area contributed by atoms with Gasteiger partial charge in [0.2, 0.25) is 0 Å². The van der Waals surface area contributed by atoms with Crippen molar-refractivity contribution in [1.29, 1.82) is 5.26 Å². The van der Waals surface area contributed by atoms with Gasteiger partial charge in [0.1, 0.15) is 17.5 Å². The van der Waals surface area contributed by atoms with Gasteiger partial charge < -0.3 is 10.4 Å². The van der Waals surface area contributed by atoms with Crippen LogP contribution < -0.4 is 5.32 Å². The van der Waals surface area contributed by atoms with Crippen molar-refractivity contribution in [2.75, 3.05) is 11.9 Å². The Hall–Kier alpha value is -2.16. The van der Waals surface area contributed by atoms with Crippen molar-refractivity contribution in [1.82, 2.24) is 10.2 Å². The van der Waals surface area contributed by atoms with Gasteiger partial charge in [0.05, 0.1) is 0 Å². The monoisotopic (exact) mass is 288 g/mol. The number of aromatic nitrogens is 2. The standard InChI is InChI=1S/C14H13ClN4O/c1-14(20,11-4-2-3-5-12(11)15)9-17-13-7-6-10(8-16)18-19-13/h2-7,20H,9H2,1H3,(H,17,19). The molecule has 2 aromatic rings. The molecule has 2 rings (SSSR count). The van der Waals surface area contributed by atoms with Gasteiger partial charge in [-0.15, -0.1) is 10.2 Å². The summed E-state index contributed by atoms with van der Waals surface area (Å²) in [7, 11) is 0. The van der Waals surface area contributed by atoms with Gasteiger partial charge in [-0.1, -0.05) is 29.8 Å². The van der Waals surface area contributed by atoms with Gasteiger partial charge in [0, 0.05) is 17.1 Å². The van der Waals surface area contributed by atoms with Crippen molar-refractivity contribution in [2.45, 2.75) is 12.5 Å². The van der Waals surface area contributed by atoms with Gasteiger partial charge in [-0.2, -0.15) is 5.26 Å². The number of nitrogens with zero attached hydrogens (tertiary/aromatic N) is 3. The molecule has 0 spiro atoms. The predicted molar refractivity (Wildman–Crippen MR) is 76.3 cm³/mol. The molecule has 20 heavy (non-hydrogen) atoms. The molecular weight excluding hydrogens is 276 g/mol. The summed E-state index contributed by atoms with van der Waals surface area (Å²) in [6, 6.07) is 12.2. The number of nitrogens with one attached hydrogen (secondary N) is 1. The van der Waals surface area contributed by atoms with Crippen molar-refractivity contribution in [3.05, 3.63) is 52.7 Å². The van der Waals surface area contributed by atoms with Gasteiger partial charge in [0.15, 0.2) is 5.69 Å². The van der Waals surface area contributed by atoms with Crippen molar-refractivity contribution >= 4 is 17.4 Å². The van der Waals surface area contributed by atoms with Gasteiger partial charge in [-0.25, -0.2) is 0 Å². The highest BCUT2D eigenvalue weighted by Crippen LogP contribution is 2.27. The zero-order chi connectivity index (χ0) is 14.6. The number of benzene rings is 1. The van der Waals surface area contributed by atoms with E-state index in [-0.39, 0.29) is 12.2 Å². The molecule has 0 saturated heterocycles. The molecule has 6 heteroatoms. The maximum atomic E-state index is 10.5. The number of anilines is 1. The first kappa shape index (κ1) is 14.3. The lowest BCUT2D eigenvalue weighted by Crippen LogP contribution is -2.31. The smallest absolute Gasteiger partial charge is 0.163 e. The van der Waals surface area contributed by atoms with E-state index >= 15 is 0 Å². The Bertz CT molecular complexity index is 634. The number of aliphatic hydroxyl groups is 1. The molecule has 102 valence electrons. The van der Waals surface area contributed by atoms with Crippen LogP contribution in [0.1, 0.15) is 18.2 Å². The second kappa shape index (κ2) is 5.87. The maximum Gasteiger partial charge on any atom is 0.163 e. The van der Waals surface area contributed by atoms with E-state index in [1.165, 1.54) is 0 Å². The first-order chi connectivity index (χ1) is 9.53. The van der Waals surface area contributed by atoms with Crippen molar-refractivity contribution in [3.8, 4) is 6.07 Å². The molecule has 0 saturated carbocycles. The Balaban J connectivity index is 2.09. The minimum absolute atomic E-state index is 0.220. The van der Waals surface area contributed by atoms with E-state index < -0.39 is 5.60 Å². The van der Waals surface area contributed by atoms with Crippen LogP contribution in [-0.4, -0.2) is 21.8 Å². The van der Waals surface area contributed by atoms with Crippen LogP contribution in [0.15, 0.2) is 36.4 Å². The van der Waals surface area contributed by atoms with Gasteiger partial charge in [0.25, 0.3) is 0 Å². The summed E-state index contributed by atoms with van der Waals surface area (Å²) in [6.45, 7) is 1.88. The van der Waals surface area contributed by atoms with Crippen LogP contribution in [0.3, 0.4) is 0 Å². The zero-order valence-electron chi connectivity index (χ0n) is 10.8. The Morgan fingerprint density at radius 3 is 2.65 bits per heavy atom. The van der Waals surface area contributed by atoms with Crippen LogP contribution in [0.2, 0.25) is 5.02 Å². The summed E-state index contributed by atoms with van der Waals surface area (Å²) in [4.78, 5) is 0. The lowest BCUT2D eigenvalue weighted by atomic mass is 9.96. The highest BCUT2D eigenvalue weighted by molar-refractivity contribution is 6.31. The average molecular weight is 289 g/mol. The molecule has 1 heterocycles. The summed E-state index contributed by atoms with van der Waals surface area (Å²) < 4.78 is 0. The highest BCUT2D eigenvalue weighted by Gasteiger charge is 2.25. The molecule has 0 amide bonds. The van der Waals surface area contributed by atoms with Gasteiger partial charge in [-0.05, 0) is 25.1 Å². The third kappa shape index (κ3) is 3.23. The van der Waals surface area contributed by atoms with E-state index in [2.05, 4.69) is 15.5 Å². The average Bonchev–Trinajstić information content (AvgIpc) is 2.46. The Morgan fingerprint density at radius 1 is 1.30 bits per heavy atom. The van der Waals surface area contributed by atoms with Crippen LogP contribution in [0.5, 0.6) is 0 Å². The molecule has 0 bridgehead atoms. The predicted octanol–water partition coefficient (Wildman–Crippen LogP) is 2.32. The lowest BCUT2D eigenvalue weighted by Gasteiger charge is -2.25. The second-order valence-corrected chi connectivity index (χ2v) is 4.93. The molecule has 0 aliphatic carbocycles. The SMILES string of the molecule is CC(O)(CNc1ccc(C#N)nn1)c1ccccc1Cl. The molecule has 1 aromatic heterocycles. The van der Waals surface area contributed by atoms with Crippen LogP contribution in [0.4, 0.5) is 5.82 Å². The summed E-state index contributed by atoms with van der Waals surface area (Å²) in [5, 5.41) is 30.1. The molecule has 5 nitrogen and oxygen atoms in total. The molecule has 0 aliphatic rings. The first-order valence-corrected chi connectivity index (χ1v) is 6.36. The van der Waals surface area contributed by atoms with E-state index in [9.17, 15) is 5.11 Å². The Kier molecular flexibility index (Phi) is 4.18. The fourth-order valence-electron chi connectivity index (χ4n) is 1.74. The quantitative estimate of drug-likeness (QED) is 0.902. The van der Waals surface area contributed by atoms with E-state index in [0.717, 1.165) is 0 Å². The number of hydrogen-bond donors (Lipinski definition) is 2. The minimum atomic E-state index is -1.14. The number of hydrogen-bond acceptors (Lipinski definition) is 5. The van der Waals surface area contributed by atoms with Crippen molar-refractivity contribution < 1.29 is 5.11 Å². The van der Waals surface area contributed by atoms with Crippen molar-refractivity contribution in [3.63, 3.8) is 0 Å². The number of rotatable bonds is 4. The molecule has 1 unspecified atom stereocenters. The molecular formula is C14H13ClN4O. The van der Waals surface area contributed by atoms with E-state index in [1.807, 2.05) is 12.1 Å². The van der Waals surface area contributed by atoms with E-state index in [0.29, 0.717) is 16.4 Å². The lowest BCUT2D eigenvalue weighted by molar-refractivity contribution is 0.0715. The summed E-state index contributed by atoms with van der Waals surface area (Å²) in [5.41, 5.74) is -0.266. The zero-order valence-corrected chi connectivity index (χ0v) is 11.6. The number of halogens is 1. The second-order valence-electron chi connectivity index (χ2n) is 4.52. The number of nitriles is 1. The van der Waals surface area contributed by atoms with E-state index in [4.69, 9.17) is 16.9 Å². The minimum Gasteiger partial charge on any atom is -0.384 e. The third-order valence-corrected chi connectivity index (χ3v) is 3.18. The largest absolute Gasteiger partial charge is 0.384 e. The van der Waals surface area contributed by atoms with Crippen LogP contribution in [-0.2, 0) is 5.60 Å². The normalized spacial score (nSPS) is 13.3. The fraction of sp³-hybridized carbons (Fsp3) is 0.214. The fourth-order valence-corrected chi connectivity index (χ4v) is 2.08. The first-order valence-electron chi connectivity index (χ1n) is 5.98. The van der Waals surface area contributed by atoms with Crippen molar-refractivity contribution in [2.24, 2.45) is 0 Å². The molecule has 1 atom stereocenters. The van der Waals surface area contributed by atoms with Crippen LogP contribution in [0.25, 0.3) is 0 Å². The Morgan fingerprint density at radius 2 is 2.05 bits per heavy atom. The van der Waals surface area contributed by atoms with E-state index in [1.54, 1.807) is 37.3 Å². The van der Waals surface area contributed by atoms with Crippen LogP contribution in [0, 0.1) is 11.3 Å². The summed E-state index contributed by atoms with van der Waals surface area (Å²) in [5.74, 6) is 0.483. The highest BCUT2D eigenvalue weighted by atomic mass is 35.5. The third-order valence-electron chi connectivity index (χ3n) is 2.85. The summed E-state index contributed by atoms with van der Waals surface area (Å²) >= 11 is 6.08. The molecule has 0 fully saturated rings. The molecule has 0 aliphatic heterocycles. The summed E-state index contributed by atoms with van der Waals surface area (Å²) in [6.07, 6.45) is 0. The molecule has 2 N–H and O–H groups in total. The molecule has 1 aromatic carbocycles. The Labute approximate surface area is 121 Å². The van der Waals surface area contributed by atoms with Gasteiger partial charge >= 0.3 is 0 Å². The van der Waals surface area contributed by atoms with Gasteiger partial charge in [-0.3, -0.25) is 0 Å². The topological polar surface area (TPSA) is 81.8 Å².